The number of aliphatic hydroxyl groups excluding tert-OH is 1. The Labute approximate surface area is 119 Å². The van der Waals surface area contributed by atoms with Crippen LogP contribution in [0.5, 0.6) is 0 Å². The number of nitrogens with two attached hydrogens (primary N) is 1. The highest BCUT2D eigenvalue weighted by Gasteiger charge is 2.22. The van der Waals surface area contributed by atoms with Gasteiger partial charge in [-0.25, -0.2) is 4.79 Å². The highest BCUT2D eigenvalue weighted by molar-refractivity contribution is 5.89. The highest BCUT2D eigenvalue weighted by Crippen LogP contribution is 2.18. The van der Waals surface area contributed by atoms with E-state index in [4.69, 9.17) is 10.8 Å². The number of benzene rings is 1. The van der Waals surface area contributed by atoms with E-state index in [0.29, 0.717) is 19.0 Å². The summed E-state index contributed by atoms with van der Waals surface area (Å²) < 4.78 is 0. The molecule has 5 nitrogen and oxygen atoms in total. The van der Waals surface area contributed by atoms with Gasteiger partial charge in [-0.1, -0.05) is 12.1 Å². The van der Waals surface area contributed by atoms with Crippen molar-refractivity contribution in [1.82, 2.24) is 4.90 Å². The van der Waals surface area contributed by atoms with Gasteiger partial charge in [0.2, 0.25) is 0 Å². The number of anilines is 1. The standard InChI is InChI=1S/C15H23N3O2/c1-11(16)13-2-4-14(5-3-13)17-15(20)18-8-6-12(10-19)7-9-18/h2-5,11-12,19H,6-10,16H2,1H3,(H,17,20). The molecule has 1 aromatic carbocycles. The molecular weight excluding hydrogens is 254 g/mol. The molecule has 0 radical (unpaired) electrons. The zero-order valence-corrected chi connectivity index (χ0v) is 11.9. The Balaban J connectivity index is 1.88. The minimum atomic E-state index is -0.0741. The van der Waals surface area contributed by atoms with Crippen molar-refractivity contribution >= 4 is 11.7 Å². The average molecular weight is 277 g/mol. The molecule has 0 spiro atoms. The van der Waals surface area contributed by atoms with Crippen LogP contribution < -0.4 is 11.1 Å². The average Bonchev–Trinajstić information content (AvgIpc) is 2.48. The summed E-state index contributed by atoms with van der Waals surface area (Å²) in [6.45, 7) is 3.55. The maximum Gasteiger partial charge on any atom is 0.321 e. The topological polar surface area (TPSA) is 78.6 Å². The lowest BCUT2D eigenvalue weighted by molar-refractivity contribution is 0.143. The maximum absolute atomic E-state index is 12.1. The van der Waals surface area contributed by atoms with Crippen LogP contribution in [0.25, 0.3) is 0 Å². The van der Waals surface area contributed by atoms with Gasteiger partial charge >= 0.3 is 6.03 Å². The van der Waals surface area contributed by atoms with Gasteiger partial charge in [-0.3, -0.25) is 0 Å². The number of urea groups is 1. The number of hydrogen-bond acceptors (Lipinski definition) is 3. The molecular formula is C15H23N3O2. The number of nitrogens with one attached hydrogen (secondary N) is 1. The van der Waals surface area contributed by atoms with Crippen molar-refractivity contribution in [3.8, 4) is 0 Å². The quantitative estimate of drug-likeness (QED) is 0.790. The molecule has 1 saturated heterocycles. The fraction of sp³-hybridized carbons (Fsp3) is 0.533. The van der Waals surface area contributed by atoms with Crippen LogP contribution in [0, 0.1) is 5.92 Å². The molecule has 1 fully saturated rings. The zero-order valence-electron chi connectivity index (χ0n) is 11.9. The van der Waals surface area contributed by atoms with E-state index >= 15 is 0 Å². The normalized spacial score (nSPS) is 17.9. The molecule has 1 unspecified atom stereocenters. The Morgan fingerprint density at radius 2 is 2.00 bits per heavy atom. The largest absolute Gasteiger partial charge is 0.396 e. The Kier molecular flexibility index (Phi) is 4.98. The fourth-order valence-electron chi connectivity index (χ4n) is 2.39. The van der Waals surface area contributed by atoms with Crippen molar-refractivity contribution in [2.45, 2.75) is 25.8 Å². The van der Waals surface area contributed by atoms with Crippen molar-refractivity contribution < 1.29 is 9.90 Å². The van der Waals surface area contributed by atoms with Gasteiger partial charge < -0.3 is 21.1 Å². The van der Waals surface area contributed by atoms with Crippen LogP contribution >= 0.6 is 0 Å². The monoisotopic (exact) mass is 277 g/mol. The molecule has 1 aliphatic rings. The molecule has 2 amide bonds. The van der Waals surface area contributed by atoms with Gasteiger partial charge in [0.1, 0.15) is 0 Å². The van der Waals surface area contributed by atoms with E-state index in [0.717, 1.165) is 24.1 Å². The third kappa shape index (κ3) is 3.71. The van der Waals surface area contributed by atoms with Crippen molar-refractivity contribution in [1.29, 1.82) is 0 Å². The fourth-order valence-corrected chi connectivity index (χ4v) is 2.39. The summed E-state index contributed by atoms with van der Waals surface area (Å²) in [7, 11) is 0. The zero-order chi connectivity index (χ0) is 14.5. The van der Waals surface area contributed by atoms with Crippen molar-refractivity contribution in [3.63, 3.8) is 0 Å². The first kappa shape index (κ1) is 14.8. The minimum Gasteiger partial charge on any atom is -0.396 e. The third-order valence-electron chi connectivity index (χ3n) is 3.85. The first-order valence-electron chi connectivity index (χ1n) is 7.12. The third-order valence-corrected chi connectivity index (χ3v) is 3.85. The predicted molar refractivity (Wildman–Crippen MR) is 79.4 cm³/mol. The minimum absolute atomic E-state index is 0.00254. The lowest BCUT2D eigenvalue weighted by atomic mass is 9.98. The molecule has 20 heavy (non-hydrogen) atoms. The molecule has 110 valence electrons. The second-order valence-corrected chi connectivity index (χ2v) is 5.45. The number of amides is 2. The van der Waals surface area contributed by atoms with E-state index < -0.39 is 0 Å². The van der Waals surface area contributed by atoms with Crippen LogP contribution in [0.3, 0.4) is 0 Å². The summed E-state index contributed by atoms with van der Waals surface area (Å²) in [6, 6.07) is 7.53. The molecule has 1 heterocycles. The predicted octanol–water partition coefficient (Wildman–Crippen LogP) is 1.94. The van der Waals surface area contributed by atoms with Crippen LogP contribution in [0.2, 0.25) is 0 Å². The van der Waals surface area contributed by atoms with Crippen LogP contribution in [-0.4, -0.2) is 35.7 Å². The van der Waals surface area contributed by atoms with Gasteiger partial charge in [-0.05, 0) is 43.4 Å². The maximum atomic E-state index is 12.1. The van der Waals surface area contributed by atoms with Gasteiger partial charge in [0.25, 0.3) is 0 Å². The van der Waals surface area contributed by atoms with Gasteiger partial charge in [0.15, 0.2) is 0 Å². The van der Waals surface area contributed by atoms with E-state index in [1.165, 1.54) is 0 Å². The molecule has 1 aromatic rings. The molecule has 1 aliphatic heterocycles. The summed E-state index contributed by atoms with van der Waals surface area (Å²) in [5.41, 5.74) is 7.62. The molecule has 0 aromatic heterocycles. The Morgan fingerprint density at radius 3 is 2.50 bits per heavy atom. The van der Waals surface area contributed by atoms with Crippen molar-refractivity contribution in [3.05, 3.63) is 29.8 Å². The number of likely N-dealkylation sites (tertiary alicyclic amines) is 1. The molecule has 5 heteroatoms. The Morgan fingerprint density at radius 1 is 1.40 bits per heavy atom. The number of carbonyl (C=O) groups is 1. The van der Waals surface area contributed by atoms with Crippen LogP contribution in [0.1, 0.15) is 31.4 Å². The van der Waals surface area contributed by atoms with E-state index in [1.54, 1.807) is 4.90 Å². The first-order chi connectivity index (χ1) is 9.60. The highest BCUT2D eigenvalue weighted by atomic mass is 16.3. The number of aliphatic hydroxyl groups is 1. The number of piperidine rings is 1. The van der Waals surface area contributed by atoms with Crippen molar-refractivity contribution in [2.75, 3.05) is 25.0 Å². The lowest BCUT2D eigenvalue weighted by Gasteiger charge is -2.31. The van der Waals surface area contributed by atoms with Gasteiger partial charge in [-0.15, -0.1) is 0 Å². The smallest absolute Gasteiger partial charge is 0.321 e. The summed E-state index contributed by atoms with van der Waals surface area (Å²) in [6.07, 6.45) is 1.74. The molecule has 0 aliphatic carbocycles. The van der Waals surface area contributed by atoms with Crippen LogP contribution in [0.4, 0.5) is 10.5 Å². The molecule has 0 saturated carbocycles. The second kappa shape index (κ2) is 6.72. The van der Waals surface area contributed by atoms with E-state index in [-0.39, 0.29) is 18.7 Å². The Bertz CT molecular complexity index is 437. The summed E-state index contributed by atoms with van der Waals surface area (Å²) in [4.78, 5) is 13.9. The van der Waals surface area contributed by atoms with Gasteiger partial charge in [0, 0.05) is 31.4 Å². The van der Waals surface area contributed by atoms with E-state index in [1.807, 2.05) is 31.2 Å². The number of nitrogens with zero attached hydrogens (tertiary/aromatic N) is 1. The summed E-state index contributed by atoms with van der Waals surface area (Å²) in [5.74, 6) is 0.337. The second-order valence-electron chi connectivity index (χ2n) is 5.45. The molecule has 1 atom stereocenters. The van der Waals surface area contributed by atoms with Crippen LogP contribution in [0.15, 0.2) is 24.3 Å². The summed E-state index contributed by atoms with van der Waals surface area (Å²) in [5, 5.41) is 12.0. The van der Waals surface area contributed by atoms with Crippen LogP contribution in [-0.2, 0) is 0 Å². The number of hydrogen-bond donors (Lipinski definition) is 3. The van der Waals surface area contributed by atoms with Gasteiger partial charge in [0.05, 0.1) is 0 Å². The van der Waals surface area contributed by atoms with E-state index in [9.17, 15) is 4.79 Å². The first-order valence-corrected chi connectivity index (χ1v) is 7.12. The van der Waals surface area contributed by atoms with Gasteiger partial charge in [-0.2, -0.15) is 0 Å². The Hall–Kier alpha value is -1.59. The SMILES string of the molecule is CC(N)c1ccc(NC(=O)N2CCC(CO)CC2)cc1. The molecule has 0 bridgehead atoms. The summed E-state index contributed by atoms with van der Waals surface area (Å²) >= 11 is 0. The number of rotatable bonds is 3. The van der Waals surface area contributed by atoms with E-state index in [2.05, 4.69) is 5.32 Å². The number of carbonyl (C=O) groups excluding carboxylic acids is 1. The van der Waals surface area contributed by atoms with Crippen molar-refractivity contribution in [2.24, 2.45) is 11.7 Å². The molecule has 4 N–H and O–H groups in total. The molecule has 2 rings (SSSR count). The lowest BCUT2D eigenvalue weighted by Crippen LogP contribution is -2.41.